The van der Waals surface area contributed by atoms with E-state index in [4.69, 9.17) is 10.5 Å². The summed E-state index contributed by atoms with van der Waals surface area (Å²) in [6.07, 6.45) is 4.00. The second-order valence-electron chi connectivity index (χ2n) is 5.43. The lowest BCUT2D eigenvalue weighted by Crippen LogP contribution is -2.48. The van der Waals surface area contributed by atoms with Gasteiger partial charge >= 0.3 is 0 Å². The second kappa shape index (κ2) is 7.20. The Balaban J connectivity index is 2.25. The van der Waals surface area contributed by atoms with E-state index in [1.807, 2.05) is 18.2 Å². The van der Waals surface area contributed by atoms with Gasteiger partial charge in [-0.15, -0.1) is 0 Å². The van der Waals surface area contributed by atoms with Crippen LogP contribution in [-0.4, -0.2) is 32.1 Å². The first-order valence-electron chi connectivity index (χ1n) is 7.67. The van der Waals surface area contributed by atoms with Crippen molar-refractivity contribution in [3.05, 3.63) is 18.2 Å². The van der Waals surface area contributed by atoms with Crippen molar-refractivity contribution in [2.75, 3.05) is 30.8 Å². The minimum atomic E-state index is -0.121. The van der Waals surface area contributed by atoms with Gasteiger partial charge in [-0.1, -0.05) is 6.92 Å². The number of benzene rings is 1. The summed E-state index contributed by atoms with van der Waals surface area (Å²) >= 11 is 0. The van der Waals surface area contributed by atoms with Crippen LogP contribution in [0.3, 0.4) is 0 Å². The molecule has 1 saturated heterocycles. The van der Waals surface area contributed by atoms with Crippen LogP contribution in [0.2, 0.25) is 0 Å². The van der Waals surface area contributed by atoms with Crippen molar-refractivity contribution in [3.63, 3.8) is 0 Å². The maximum absolute atomic E-state index is 12.1. The second-order valence-corrected chi connectivity index (χ2v) is 5.43. The zero-order chi connectivity index (χ0) is 15.2. The highest BCUT2D eigenvalue weighted by molar-refractivity contribution is 5.85. The van der Waals surface area contributed by atoms with Crippen molar-refractivity contribution in [3.8, 4) is 5.75 Å². The summed E-state index contributed by atoms with van der Waals surface area (Å²) in [6.45, 7) is 3.61. The van der Waals surface area contributed by atoms with E-state index in [1.165, 1.54) is 0 Å². The molecule has 21 heavy (non-hydrogen) atoms. The lowest BCUT2D eigenvalue weighted by atomic mass is 10.00. The van der Waals surface area contributed by atoms with Crippen LogP contribution in [0, 0.1) is 0 Å². The minimum absolute atomic E-state index is 0.0631. The van der Waals surface area contributed by atoms with Crippen LogP contribution in [0.5, 0.6) is 5.75 Å². The van der Waals surface area contributed by atoms with Gasteiger partial charge in [0.25, 0.3) is 0 Å². The lowest BCUT2D eigenvalue weighted by molar-refractivity contribution is -0.122. The number of nitrogens with two attached hydrogens (primary N) is 1. The fourth-order valence-electron chi connectivity index (χ4n) is 2.75. The van der Waals surface area contributed by atoms with Gasteiger partial charge in [0.15, 0.2) is 0 Å². The molecule has 3 N–H and O–H groups in total. The Morgan fingerprint density at radius 2 is 2.24 bits per heavy atom. The van der Waals surface area contributed by atoms with Crippen LogP contribution < -0.4 is 20.7 Å². The molecule has 0 radical (unpaired) electrons. The molecule has 1 unspecified atom stereocenters. The Morgan fingerprint density at radius 1 is 1.43 bits per heavy atom. The Morgan fingerprint density at radius 3 is 2.95 bits per heavy atom. The van der Waals surface area contributed by atoms with Crippen LogP contribution in [0.15, 0.2) is 18.2 Å². The van der Waals surface area contributed by atoms with E-state index in [1.54, 1.807) is 7.05 Å². The van der Waals surface area contributed by atoms with E-state index < -0.39 is 0 Å². The van der Waals surface area contributed by atoms with Gasteiger partial charge in [0.05, 0.1) is 6.61 Å². The van der Waals surface area contributed by atoms with Crippen molar-refractivity contribution >= 4 is 17.3 Å². The van der Waals surface area contributed by atoms with Crippen LogP contribution in [0.4, 0.5) is 11.4 Å². The smallest absolute Gasteiger partial charge is 0.242 e. The number of amides is 1. The standard InChI is InChI=1S/C16H25N3O2/c1-3-8-21-14-10-12(17)9-13(11-14)19-7-5-4-6-15(19)16(20)18-2/h9-11,15H,3-8,17H2,1-2H3,(H,18,20). The van der Waals surface area contributed by atoms with Gasteiger partial charge in [0.2, 0.25) is 5.91 Å². The van der Waals surface area contributed by atoms with E-state index in [9.17, 15) is 4.79 Å². The summed E-state index contributed by atoms with van der Waals surface area (Å²) in [7, 11) is 1.68. The van der Waals surface area contributed by atoms with E-state index in [-0.39, 0.29) is 11.9 Å². The lowest BCUT2D eigenvalue weighted by Gasteiger charge is -2.36. The third-order valence-corrected chi connectivity index (χ3v) is 3.77. The molecule has 1 heterocycles. The number of likely N-dealkylation sites (N-methyl/N-ethyl adjacent to an activating group) is 1. The van der Waals surface area contributed by atoms with Gasteiger partial charge in [-0.25, -0.2) is 0 Å². The third kappa shape index (κ3) is 3.80. The highest BCUT2D eigenvalue weighted by Crippen LogP contribution is 2.30. The molecule has 0 saturated carbocycles. The van der Waals surface area contributed by atoms with Crippen molar-refractivity contribution < 1.29 is 9.53 Å². The van der Waals surface area contributed by atoms with Gasteiger partial charge in [-0.3, -0.25) is 4.79 Å². The number of nitrogen functional groups attached to an aromatic ring is 1. The number of nitrogens with zero attached hydrogens (tertiary/aromatic N) is 1. The Kier molecular flexibility index (Phi) is 5.31. The molecule has 1 fully saturated rings. The third-order valence-electron chi connectivity index (χ3n) is 3.77. The van der Waals surface area contributed by atoms with Gasteiger partial charge in [0, 0.05) is 37.1 Å². The van der Waals surface area contributed by atoms with E-state index in [0.717, 1.165) is 43.7 Å². The number of anilines is 2. The van der Waals surface area contributed by atoms with Gasteiger partial charge in [-0.2, -0.15) is 0 Å². The number of nitrogens with one attached hydrogen (secondary N) is 1. The number of piperidine rings is 1. The fourth-order valence-corrected chi connectivity index (χ4v) is 2.75. The van der Waals surface area contributed by atoms with Crippen LogP contribution >= 0.6 is 0 Å². The van der Waals surface area contributed by atoms with Crippen molar-refractivity contribution in [2.45, 2.75) is 38.6 Å². The summed E-state index contributed by atoms with van der Waals surface area (Å²) in [4.78, 5) is 14.2. The van der Waals surface area contributed by atoms with E-state index >= 15 is 0 Å². The first-order chi connectivity index (χ1) is 10.2. The van der Waals surface area contributed by atoms with Crippen molar-refractivity contribution in [2.24, 2.45) is 0 Å². The average molecular weight is 291 g/mol. The monoisotopic (exact) mass is 291 g/mol. The number of hydrogen-bond acceptors (Lipinski definition) is 4. The largest absolute Gasteiger partial charge is 0.493 e. The van der Waals surface area contributed by atoms with Crippen molar-refractivity contribution in [1.29, 1.82) is 0 Å². The highest BCUT2D eigenvalue weighted by atomic mass is 16.5. The summed E-state index contributed by atoms with van der Waals surface area (Å²) in [5.74, 6) is 0.834. The SMILES string of the molecule is CCCOc1cc(N)cc(N2CCCCC2C(=O)NC)c1. The van der Waals surface area contributed by atoms with Crippen LogP contribution in [0.25, 0.3) is 0 Å². The molecule has 1 atom stereocenters. The maximum Gasteiger partial charge on any atom is 0.242 e. The van der Waals surface area contributed by atoms with Crippen LogP contribution in [0.1, 0.15) is 32.6 Å². The molecule has 0 spiro atoms. The number of rotatable bonds is 5. The molecule has 5 nitrogen and oxygen atoms in total. The van der Waals surface area contributed by atoms with Crippen molar-refractivity contribution in [1.82, 2.24) is 5.32 Å². The molecule has 5 heteroatoms. The zero-order valence-corrected chi connectivity index (χ0v) is 12.9. The summed E-state index contributed by atoms with van der Waals surface area (Å²) in [5.41, 5.74) is 7.62. The quantitative estimate of drug-likeness (QED) is 0.816. The molecule has 0 aliphatic carbocycles. The molecule has 0 aromatic heterocycles. The normalized spacial score (nSPS) is 18.4. The Bertz CT molecular complexity index is 490. The number of hydrogen-bond donors (Lipinski definition) is 2. The molecule has 1 aliphatic rings. The fraction of sp³-hybridized carbons (Fsp3) is 0.562. The first-order valence-corrected chi connectivity index (χ1v) is 7.67. The van der Waals surface area contributed by atoms with E-state index in [2.05, 4.69) is 17.1 Å². The molecular formula is C16H25N3O2. The molecule has 1 aromatic carbocycles. The predicted molar refractivity (Wildman–Crippen MR) is 85.7 cm³/mol. The average Bonchev–Trinajstić information content (AvgIpc) is 2.51. The number of carbonyl (C=O) groups excluding carboxylic acids is 1. The Hall–Kier alpha value is -1.91. The topological polar surface area (TPSA) is 67.6 Å². The molecule has 1 aromatic rings. The first kappa shape index (κ1) is 15.5. The van der Waals surface area contributed by atoms with Gasteiger partial charge in [0.1, 0.15) is 11.8 Å². The van der Waals surface area contributed by atoms with Crippen LogP contribution in [-0.2, 0) is 4.79 Å². The molecule has 116 valence electrons. The summed E-state index contributed by atoms with van der Waals surface area (Å²) in [6, 6.07) is 5.61. The Labute approximate surface area is 126 Å². The summed E-state index contributed by atoms with van der Waals surface area (Å²) < 4.78 is 5.68. The molecule has 0 bridgehead atoms. The maximum atomic E-state index is 12.1. The molecule has 2 rings (SSSR count). The predicted octanol–water partition coefficient (Wildman–Crippen LogP) is 2.16. The highest BCUT2D eigenvalue weighted by Gasteiger charge is 2.28. The van der Waals surface area contributed by atoms with E-state index in [0.29, 0.717) is 12.3 Å². The zero-order valence-electron chi connectivity index (χ0n) is 12.9. The molecule has 1 amide bonds. The van der Waals surface area contributed by atoms with Gasteiger partial charge in [-0.05, 0) is 31.7 Å². The number of ether oxygens (including phenoxy) is 1. The number of carbonyl (C=O) groups is 1. The minimum Gasteiger partial charge on any atom is -0.493 e. The van der Waals surface area contributed by atoms with Gasteiger partial charge < -0.3 is 20.7 Å². The summed E-state index contributed by atoms with van der Waals surface area (Å²) in [5, 5.41) is 2.75. The molecule has 1 aliphatic heterocycles. The molecular weight excluding hydrogens is 266 g/mol.